The van der Waals surface area contributed by atoms with Gasteiger partial charge in [-0.25, -0.2) is 0 Å². The molecule has 0 bridgehead atoms. The molecule has 0 saturated heterocycles. The Morgan fingerprint density at radius 2 is 1.84 bits per heavy atom. The predicted octanol–water partition coefficient (Wildman–Crippen LogP) is 5.42. The molecule has 0 amide bonds. The molecule has 31 heavy (non-hydrogen) atoms. The lowest BCUT2D eigenvalue weighted by atomic mass is 9.92. The van der Waals surface area contributed by atoms with Crippen molar-refractivity contribution in [3.8, 4) is 5.75 Å². The van der Waals surface area contributed by atoms with Gasteiger partial charge < -0.3 is 14.3 Å². The number of fused-ring (bicyclic) bond motifs is 1. The van der Waals surface area contributed by atoms with Crippen LogP contribution in [-0.4, -0.2) is 37.1 Å². The average Bonchev–Trinajstić information content (AvgIpc) is 2.75. The second-order valence-electron chi connectivity index (χ2n) is 9.41. The van der Waals surface area contributed by atoms with E-state index in [9.17, 15) is 5.11 Å². The summed E-state index contributed by atoms with van der Waals surface area (Å²) < 4.78 is 6.82. The molecule has 1 saturated carbocycles. The Balaban J connectivity index is 1.47. The summed E-state index contributed by atoms with van der Waals surface area (Å²) in [4.78, 5) is 4.30. The molecule has 2 aromatic carbocycles. The minimum Gasteiger partial charge on any atom is -0.858 e. The van der Waals surface area contributed by atoms with Gasteiger partial charge in [-0.05, 0) is 74.4 Å². The van der Waals surface area contributed by atoms with Gasteiger partial charge in [-0.3, -0.25) is 4.99 Å². The van der Waals surface area contributed by atoms with Gasteiger partial charge in [0.05, 0.1) is 25.8 Å². The second-order valence-corrected chi connectivity index (χ2v) is 9.85. The largest absolute Gasteiger partial charge is 0.858 e. The molecule has 164 valence electrons. The molecule has 1 fully saturated rings. The molecule has 5 heteroatoms. The Kier molecular flexibility index (Phi) is 6.40. The summed E-state index contributed by atoms with van der Waals surface area (Å²) in [5, 5.41) is 13.3. The molecule has 1 heterocycles. The summed E-state index contributed by atoms with van der Waals surface area (Å²) in [7, 11) is 4.66. The highest BCUT2D eigenvalue weighted by Gasteiger charge is 2.29. The van der Waals surface area contributed by atoms with Crippen LogP contribution in [0.2, 0.25) is 5.02 Å². The normalized spacial score (nSPS) is 17.7. The smallest absolute Gasteiger partial charge is 0.130 e. The number of nitrogens with zero attached hydrogens (tertiary/aromatic N) is 2. The van der Waals surface area contributed by atoms with E-state index in [2.05, 4.69) is 31.2 Å². The van der Waals surface area contributed by atoms with Crippen molar-refractivity contribution in [3.63, 3.8) is 0 Å². The van der Waals surface area contributed by atoms with Crippen molar-refractivity contribution in [2.75, 3.05) is 20.7 Å². The number of rotatable bonds is 5. The minimum absolute atomic E-state index is 0.225. The molecular formula is C26H31ClN2O2. The van der Waals surface area contributed by atoms with Crippen LogP contribution < -0.4 is 9.84 Å². The van der Waals surface area contributed by atoms with E-state index in [0.29, 0.717) is 16.3 Å². The van der Waals surface area contributed by atoms with Crippen molar-refractivity contribution in [3.05, 3.63) is 63.7 Å². The lowest BCUT2D eigenvalue weighted by molar-refractivity contribution is -0.929. The summed E-state index contributed by atoms with van der Waals surface area (Å²) in [6, 6.07) is 12.5. The molecule has 2 aliphatic rings. The van der Waals surface area contributed by atoms with Crippen LogP contribution in [0, 0.1) is 6.92 Å². The van der Waals surface area contributed by atoms with Crippen molar-refractivity contribution in [1.29, 1.82) is 0 Å². The van der Waals surface area contributed by atoms with Gasteiger partial charge in [0, 0.05) is 21.7 Å². The van der Waals surface area contributed by atoms with Gasteiger partial charge in [0.25, 0.3) is 0 Å². The molecule has 0 spiro atoms. The molecule has 0 atom stereocenters. The van der Waals surface area contributed by atoms with Gasteiger partial charge in [0.2, 0.25) is 0 Å². The molecule has 0 unspecified atom stereocenters. The zero-order valence-corrected chi connectivity index (χ0v) is 19.4. The van der Waals surface area contributed by atoms with Crippen LogP contribution in [-0.2, 0) is 6.54 Å². The molecule has 4 nitrogen and oxygen atoms in total. The zero-order chi connectivity index (χ0) is 22.0. The van der Waals surface area contributed by atoms with Crippen LogP contribution in [0.1, 0.15) is 48.8 Å². The third-order valence-electron chi connectivity index (χ3n) is 6.56. The van der Waals surface area contributed by atoms with E-state index in [1.807, 2.05) is 37.3 Å². The number of ether oxygens (including phenoxy) is 1. The van der Waals surface area contributed by atoms with Gasteiger partial charge in [0.1, 0.15) is 18.9 Å². The molecule has 0 radical (unpaired) electrons. The van der Waals surface area contributed by atoms with Crippen LogP contribution in [0.25, 0.3) is 6.08 Å². The Bertz CT molecular complexity index is 1000. The van der Waals surface area contributed by atoms with Crippen molar-refractivity contribution in [2.45, 2.75) is 51.6 Å². The van der Waals surface area contributed by atoms with Gasteiger partial charge in [-0.1, -0.05) is 30.2 Å². The number of quaternary nitrogens is 1. The van der Waals surface area contributed by atoms with E-state index in [1.165, 1.54) is 37.7 Å². The summed E-state index contributed by atoms with van der Waals surface area (Å²) in [5.74, 6) is 0.512. The van der Waals surface area contributed by atoms with Crippen molar-refractivity contribution < 1.29 is 14.3 Å². The van der Waals surface area contributed by atoms with Crippen molar-refractivity contribution in [1.82, 2.24) is 0 Å². The fraction of sp³-hybridized carbons (Fsp3) is 0.423. The SMILES string of the molecule is Cc1cc(Cl)cc2c1OCC(C([O-])=Nc1ccc(C[N+](C)(C)C3CCCCC3)cc1)=C2. The topological polar surface area (TPSA) is 44.6 Å². The number of aryl methyl sites for hydroxylation is 1. The van der Waals surface area contributed by atoms with Crippen molar-refractivity contribution in [2.24, 2.45) is 4.99 Å². The van der Waals surface area contributed by atoms with E-state index >= 15 is 0 Å². The first-order valence-corrected chi connectivity index (χ1v) is 11.5. The number of aliphatic imine (C=N–C) groups is 1. The van der Waals surface area contributed by atoms with E-state index in [1.54, 1.807) is 0 Å². The summed E-state index contributed by atoms with van der Waals surface area (Å²) >= 11 is 6.15. The molecule has 4 rings (SSSR count). The first kappa shape index (κ1) is 21.9. The Hall–Kier alpha value is -2.30. The van der Waals surface area contributed by atoms with E-state index in [4.69, 9.17) is 16.3 Å². The Labute approximate surface area is 190 Å². The first-order valence-electron chi connectivity index (χ1n) is 11.1. The van der Waals surface area contributed by atoms with E-state index in [0.717, 1.165) is 33.9 Å². The van der Waals surface area contributed by atoms with Gasteiger partial charge in [0.15, 0.2) is 0 Å². The number of hydrogen-bond acceptors (Lipinski definition) is 3. The molecule has 0 N–H and O–H groups in total. The lowest BCUT2D eigenvalue weighted by Gasteiger charge is -2.40. The highest BCUT2D eigenvalue weighted by Crippen LogP contribution is 2.33. The van der Waals surface area contributed by atoms with Crippen molar-refractivity contribution >= 4 is 29.3 Å². The number of benzene rings is 2. The molecule has 1 aliphatic heterocycles. The zero-order valence-electron chi connectivity index (χ0n) is 18.7. The number of halogens is 1. The molecule has 1 aliphatic carbocycles. The first-order chi connectivity index (χ1) is 14.8. The quantitative estimate of drug-likeness (QED) is 0.355. The fourth-order valence-corrected chi connectivity index (χ4v) is 5.09. The Morgan fingerprint density at radius 3 is 2.55 bits per heavy atom. The maximum atomic E-state index is 12.7. The van der Waals surface area contributed by atoms with Crippen LogP contribution >= 0.6 is 11.6 Å². The van der Waals surface area contributed by atoms with Gasteiger partial charge in [-0.2, -0.15) is 0 Å². The summed E-state index contributed by atoms with van der Waals surface area (Å²) in [6.07, 6.45) is 8.55. The van der Waals surface area contributed by atoms with Crippen LogP contribution in [0.5, 0.6) is 5.75 Å². The molecular weight excluding hydrogens is 408 g/mol. The lowest BCUT2D eigenvalue weighted by Crippen LogP contribution is -2.48. The summed E-state index contributed by atoms with van der Waals surface area (Å²) in [6.45, 7) is 3.17. The molecule has 2 aromatic rings. The van der Waals surface area contributed by atoms with E-state index in [-0.39, 0.29) is 12.5 Å². The molecule has 0 aromatic heterocycles. The van der Waals surface area contributed by atoms with Gasteiger partial charge in [-0.15, -0.1) is 0 Å². The van der Waals surface area contributed by atoms with Crippen LogP contribution in [0.4, 0.5) is 5.69 Å². The number of hydrogen-bond donors (Lipinski definition) is 0. The standard InChI is InChI=1S/C26H31ClN2O2/c1-18-13-22(27)15-20-14-21(17-31-25(18)20)26(30)28-23-11-9-19(10-12-23)16-29(2,3)24-7-5-4-6-8-24/h9-15,24H,4-8,16-17H2,1-3H3. The monoisotopic (exact) mass is 438 g/mol. The Morgan fingerprint density at radius 1 is 1.13 bits per heavy atom. The third-order valence-corrected chi connectivity index (χ3v) is 6.78. The van der Waals surface area contributed by atoms with Gasteiger partial charge >= 0.3 is 0 Å². The second kappa shape index (κ2) is 9.05. The fourth-order valence-electron chi connectivity index (χ4n) is 4.81. The van der Waals surface area contributed by atoms with E-state index < -0.39 is 0 Å². The van der Waals surface area contributed by atoms with Crippen LogP contribution in [0.3, 0.4) is 0 Å². The average molecular weight is 439 g/mol. The maximum absolute atomic E-state index is 12.7. The summed E-state index contributed by atoms with van der Waals surface area (Å²) in [5.41, 5.74) is 4.28. The minimum atomic E-state index is -0.269. The third kappa shape index (κ3) is 5.13. The highest BCUT2D eigenvalue weighted by atomic mass is 35.5. The van der Waals surface area contributed by atoms with Crippen LogP contribution in [0.15, 0.2) is 47.0 Å². The predicted molar refractivity (Wildman–Crippen MR) is 126 cm³/mol. The highest BCUT2D eigenvalue weighted by molar-refractivity contribution is 6.30. The maximum Gasteiger partial charge on any atom is 0.130 e.